The maximum Gasteiger partial charge on any atom is 0.325 e. The number of methoxy groups -OCH3 is 2. The summed E-state index contributed by atoms with van der Waals surface area (Å²) in [5, 5.41) is 2.46. The number of aryl methyl sites for hydroxylation is 1. The predicted octanol–water partition coefficient (Wildman–Crippen LogP) is 2.30. The number of ketones is 1. The fraction of sp³-hybridized carbons (Fsp3) is 0.381. The highest BCUT2D eigenvalue weighted by Crippen LogP contribution is 2.22. The smallest absolute Gasteiger partial charge is 0.325 e. The van der Waals surface area contributed by atoms with Crippen LogP contribution in [0.4, 0.5) is 0 Å². The maximum atomic E-state index is 12.3. The van der Waals surface area contributed by atoms with Crippen molar-refractivity contribution >= 4 is 17.7 Å². The van der Waals surface area contributed by atoms with E-state index in [1.807, 2.05) is 25.3 Å². The van der Waals surface area contributed by atoms with Gasteiger partial charge in [-0.25, -0.2) is 0 Å². The van der Waals surface area contributed by atoms with Gasteiger partial charge in [0.05, 0.1) is 14.2 Å². The van der Waals surface area contributed by atoms with E-state index in [2.05, 4.69) is 5.32 Å². The number of amides is 1. The number of carbonyl (C=O) groups excluding carboxylic acids is 3. The largest absolute Gasteiger partial charge is 0.497 e. The van der Waals surface area contributed by atoms with E-state index in [0.29, 0.717) is 17.1 Å². The SMILES string of the molecule is CCn1c(C)cc(C(=O)COC(=O)CNC(=O)c2cc(OC)cc(OC)c2)c1C. The summed E-state index contributed by atoms with van der Waals surface area (Å²) >= 11 is 0. The lowest BCUT2D eigenvalue weighted by molar-refractivity contribution is -0.141. The number of carbonyl (C=O) groups is 3. The highest BCUT2D eigenvalue weighted by Gasteiger charge is 2.17. The van der Waals surface area contributed by atoms with Crippen molar-refractivity contribution in [1.82, 2.24) is 9.88 Å². The van der Waals surface area contributed by atoms with Gasteiger partial charge in [0.15, 0.2) is 6.61 Å². The standard InChI is InChI=1S/C21H26N2O6/c1-6-23-13(2)7-18(14(23)3)19(24)12-29-20(25)11-22-21(26)15-8-16(27-4)10-17(9-15)28-5/h7-10H,6,11-12H2,1-5H3,(H,22,26). The first-order valence-corrected chi connectivity index (χ1v) is 9.17. The Kier molecular flexibility index (Phi) is 7.41. The van der Waals surface area contributed by atoms with Crippen LogP contribution < -0.4 is 14.8 Å². The summed E-state index contributed by atoms with van der Waals surface area (Å²) in [4.78, 5) is 36.5. The number of benzene rings is 1. The fourth-order valence-electron chi connectivity index (χ4n) is 3.04. The molecule has 1 aromatic carbocycles. The van der Waals surface area contributed by atoms with Crippen LogP contribution in [0.5, 0.6) is 11.5 Å². The third kappa shape index (κ3) is 5.37. The van der Waals surface area contributed by atoms with Crippen LogP contribution in [0.2, 0.25) is 0 Å². The Morgan fingerprint density at radius 1 is 1.00 bits per heavy atom. The molecule has 0 saturated heterocycles. The second-order valence-electron chi connectivity index (χ2n) is 6.40. The zero-order chi connectivity index (χ0) is 21.6. The Labute approximate surface area is 169 Å². The fourth-order valence-corrected chi connectivity index (χ4v) is 3.04. The third-order valence-corrected chi connectivity index (χ3v) is 4.56. The van der Waals surface area contributed by atoms with Crippen molar-refractivity contribution in [2.45, 2.75) is 27.3 Å². The van der Waals surface area contributed by atoms with Crippen molar-refractivity contribution in [2.75, 3.05) is 27.4 Å². The summed E-state index contributed by atoms with van der Waals surface area (Å²) in [5.41, 5.74) is 2.62. The second kappa shape index (κ2) is 9.77. The van der Waals surface area contributed by atoms with E-state index in [4.69, 9.17) is 14.2 Å². The molecular weight excluding hydrogens is 376 g/mol. The number of rotatable bonds is 9. The Hall–Kier alpha value is -3.29. The molecule has 2 rings (SSSR count). The van der Waals surface area contributed by atoms with Crippen LogP contribution in [0.1, 0.15) is 39.0 Å². The van der Waals surface area contributed by atoms with Crippen molar-refractivity contribution in [3.05, 3.63) is 46.8 Å². The van der Waals surface area contributed by atoms with Crippen LogP contribution in [0.25, 0.3) is 0 Å². The van der Waals surface area contributed by atoms with Crippen LogP contribution in [0.15, 0.2) is 24.3 Å². The molecular formula is C21H26N2O6. The lowest BCUT2D eigenvalue weighted by Crippen LogP contribution is -2.31. The van der Waals surface area contributed by atoms with Gasteiger partial charge in [0.1, 0.15) is 18.0 Å². The van der Waals surface area contributed by atoms with E-state index in [-0.39, 0.29) is 24.5 Å². The van der Waals surface area contributed by atoms with E-state index in [0.717, 1.165) is 17.9 Å². The van der Waals surface area contributed by atoms with Crippen molar-refractivity contribution in [3.63, 3.8) is 0 Å². The minimum atomic E-state index is -0.703. The summed E-state index contributed by atoms with van der Waals surface area (Å²) in [7, 11) is 2.95. The lowest BCUT2D eigenvalue weighted by Gasteiger charge is -2.09. The van der Waals surface area contributed by atoms with E-state index >= 15 is 0 Å². The average Bonchev–Trinajstić information content (AvgIpc) is 3.02. The number of ether oxygens (including phenoxy) is 3. The molecule has 8 nitrogen and oxygen atoms in total. The number of hydrogen-bond donors (Lipinski definition) is 1. The summed E-state index contributed by atoms with van der Waals surface area (Å²) in [6.07, 6.45) is 0. The van der Waals surface area contributed by atoms with Crippen LogP contribution in [0, 0.1) is 13.8 Å². The van der Waals surface area contributed by atoms with Crippen LogP contribution in [-0.4, -0.2) is 49.6 Å². The Morgan fingerprint density at radius 3 is 2.14 bits per heavy atom. The van der Waals surface area contributed by atoms with E-state index in [1.54, 1.807) is 12.1 Å². The summed E-state index contributed by atoms with van der Waals surface area (Å²) in [6, 6.07) is 6.46. The molecule has 0 radical (unpaired) electrons. The molecule has 29 heavy (non-hydrogen) atoms. The van der Waals surface area contributed by atoms with Crippen molar-refractivity contribution in [2.24, 2.45) is 0 Å². The first-order valence-electron chi connectivity index (χ1n) is 9.17. The van der Waals surface area contributed by atoms with E-state index < -0.39 is 11.9 Å². The summed E-state index contributed by atoms with van der Waals surface area (Å²) in [5.74, 6) is -0.572. The van der Waals surface area contributed by atoms with Gasteiger partial charge in [0.25, 0.3) is 5.91 Å². The van der Waals surface area contributed by atoms with Gasteiger partial charge in [0.2, 0.25) is 5.78 Å². The molecule has 1 amide bonds. The number of nitrogens with zero attached hydrogens (tertiary/aromatic N) is 1. The number of Topliss-reactive ketones (excluding diaryl/α,β-unsaturated/α-hetero) is 1. The van der Waals surface area contributed by atoms with Gasteiger partial charge in [0, 0.05) is 35.1 Å². The number of esters is 1. The zero-order valence-electron chi connectivity index (χ0n) is 17.3. The Balaban J connectivity index is 1.90. The molecule has 0 fully saturated rings. The van der Waals surface area contributed by atoms with Crippen LogP contribution >= 0.6 is 0 Å². The van der Waals surface area contributed by atoms with Crippen molar-refractivity contribution < 1.29 is 28.6 Å². The molecule has 8 heteroatoms. The molecule has 0 bridgehead atoms. The van der Waals surface area contributed by atoms with Gasteiger partial charge < -0.3 is 24.1 Å². The molecule has 1 N–H and O–H groups in total. The quantitative estimate of drug-likeness (QED) is 0.511. The van der Waals surface area contributed by atoms with Crippen LogP contribution in [0.3, 0.4) is 0 Å². The molecule has 156 valence electrons. The van der Waals surface area contributed by atoms with Gasteiger partial charge in [-0.3, -0.25) is 14.4 Å². The molecule has 0 aliphatic heterocycles. The Bertz CT molecular complexity index is 894. The van der Waals surface area contributed by atoms with Gasteiger partial charge in [-0.2, -0.15) is 0 Å². The Morgan fingerprint density at radius 2 is 1.62 bits per heavy atom. The molecule has 0 atom stereocenters. The topological polar surface area (TPSA) is 95.9 Å². The second-order valence-corrected chi connectivity index (χ2v) is 6.40. The highest BCUT2D eigenvalue weighted by atomic mass is 16.5. The van der Waals surface area contributed by atoms with Gasteiger partial charge in [-0.15, -0.1) is 0 Å². The molecule has 0 aliphatic carbocycles. The van der Waals surface area contributed by atoms with Crippen molar-refractivity contribution in [3.8, 4) is 11.5 Å². The molecule has 0 spiro atoms. The summed E-state index contributed by atoms with van der Waals surface area (Å²) in [6.45, 7) is 5.78. The molecule has 1 aromatic heterocycles. The molecule has 2 aromatic rings. The normalized spacial score (nSPS) is 10.4. The van der Waals surface area contributed by atoms with E-state index in [9.17, 15) is 14.4 Å². The minimum absolute atomic E-state index is 0.275. The first kappa shape index (κ1) is 22.0. The zero-order valence-corrected chi connectivity index (χ0v) is 17.3. The third-order valence-electron chi connectivity index (χ3n) is 4.56. The number of hydrogen-bond acceptors (Lipinski definition) is 6. The maximum absolute atomic E-state index is 12.3. The lowest BCUT2D eigenvalue weighted by atomic mass is 10.1. The molecule has 0 saturated carbocycles. The van der Waals surface area contributed by atoms with Crippen molar-refractivity contribution in [1.29, 1.82) is 0 Å². The monoisotopic (exact) mass is 402 g/mol. The highest BCUT2D eigenvalue weighted by molar-refractivity contribution is 6.00. The molecule has 0 aliphatic rings. The van der Waals surface area contributed by atoms with E-state index in [1.165, 1.54) is 26.4 Å². The molecule has 0 unspecified atom stereocenters. The van der Waals surface area contributed by atoms with Gasteiger partial charge in [-0.1, -0.05) is 0 Å². The predicted molar refractivity (Wildman–Crippen MR) is 107 cm³/mol. The molecule has 1 heterocycles. The van der Waals surface area contributed by atoms with Gasteiger partial charge in [-0.05, 0) is 39.0 Å². The van der Waals surface area contributed by atoms with Gasteiger partial charge >= 0.3 is 5.97 Å². The number of nitrogens with one attached hydrogen (secondary N) is 1. The minimum Gasteiger partial charge on any atom is -0.497 e. The number of aromatic nitrogens is 1. The summed E-state index contributed by atoms with van der Waals surface area (Å²) < 4.78 is 17.3. The van der Waals surface area contributed by atoms with Crippen LogP contribution in [-0.2, 0) is 16.1 Å². The average molecular weight is 402 g/mol. The first-order chi connectivity index (χ1) is 13.8.